The van der Waals surface area contributed by atoms with Gasteiger partial charge in [0.25, 0.3) is 5.91 Å². The molecular formula is C17H25ClN2O2. The predicted octanol–water partition coefficient (Wildman–Crippen LogP) is 3.20. The molecule has 1 N–H and O–H groups in total. The summed E-state index contributed by atoms with van der Waals surface area (Å²) in [5.74, 6) is 1.13. The lowest BCUT2D eigenvalue weighted by Gasteiger charge is -2.33. The second-order valence-electron chi connectivity index (χ2n) is 6.12. The minimum Gasteiger partial charge on any atom is -0.490 e. The van der Waals surface area contributed by atoms with E-state index in [1.54, 1.807) is 18.2 Å². The molecule has 0 aliphatic carbocycles. The van der Waals surface area contributed by atoms with Gasteiger partial charge in [-0.15, -0.1) is 0 Å². The van der Waals surface area contributed by atoms with E-state index < -0.39 is 0 Å². The molecule has 4 nitrogen and oxygen atoms in total. The Morgan fingerprint density at radius 1 is 1.50 bits per heavy atom. The van der Waals surface area contributed by atoms with E-state index in [0.717, 1.165) is 32.5 Å². The maximum absolute atomic E-state index is 12.9. The lowest BCUT2D eigenvalue weighted by atomic mass is 9.97. The first-order chi connectivity index (χ1) is 10.5. The molecule has 1 aromatic rings. The van der Waals surface area contributed by atoms with Gasteiger partial charge in [-0.1, -0.05) is 11.6 Å². The van der Waals surface area contributed by atoms with Crippen molar-refractivity contribution in [3.8, 4) is 5.75 Å². The summed E-state index contributed by atoms with van der Waals surface area (Å²) in [6.07, 6.45) is 2.22. The molecule has 5 heteroatoms. The van der Waals surface area contributed by atoms with Crippen LogP contribution in [0.2, 0.25) is 5.02 Å². The predicted molar refractivity (Wildman–Crippen MR) is 89.8 cm³/mol. The minimum atomic E-state index is 0.0129. The fourth-order valence-electron chi connectivity index (χ4n) is 2.90. The third kappa shape index (κ3) is 4.37. The Kier molecular flexibility index (Phi) is 6.09. The number of ether oxygens (including phenoxy) is 1. The van der Waals surface area contributed by atoms with Crippen molar-refractivity contribution in [3.05, 3.63) is 28.8 Å². The number of carbonyl (C=O) groups excluding carboxylic acids is 1. The van der Waals surface area contributed by atoms with Crippen LogP contribution in [0, 0.1) is 5.92 Å². The molecule has 1 saturated heterocycles. The summed E-state index contributed by atoms with van der Waals surface area (Å²) < 4.78 is 5.77. The Morgan fingerprint density at radius 3 is 2.95 bits per heavy atom. The average molecular weight is 325 g/mol. The van der Waals surface area contributed by atoms with Gasteiger partial charge < -0.3 is 15.0 Å². The normalized spacial score (nSPS) is 18.6. The minimum absolute atomic E-state index is 0.0129. The molecule has 1 aliphatic rings. The first-order valence-electron chi connectivity index (χ1n) is 7.91. The van der Waals surface area contributed by atoms with Crippen LogP contribution in [0.15, 0.2) is 18.2 Å². The van der Waals surface area contributed by atoms with E-state index in [0.29, 0.717) is 22.3 Å². The molecule has 2 rings (SSSR count). The standard InChI is InChI=1S/C17H25ClN2O2/c1-12(2)22-16-7-6-14(18)9-15(16)17(21)20-8-4-5-13(11-20)10-19-3/h6-7,9,12-13,19H,4-5,8,10-11H2,1-3H3. The number of piperidine rings is 1. The van der Waals surface area contributed by atoms with Gasteiger partial charge in [-0.3, -0.25) is 4.79 Å². The smallest absolute Gasteiger partial charge is 0.257 e. The van der Waals surface area contributed by atoms with Crippen molar-refractivity contribution in [2.24, 2.45) is 5.92 Å². The Labute approximate surface area is 137 Å². The molecule has 22 heavy (non-hydrogen) atoms. The molecule has 0 saturated carbocycles. The van der Waals surface area contributed by atoms with Crippen LogP contribution in [-0.2, 0) is 0 Å². The van der Waals surface area contributed by atoms with Gasteiger partial charge in [0, 0.05) is 18.1 Å². The van der Waals surface area contributed by atoms with Crippen molar-refractivity contribution in [2.45, 2.75) is 32.8 Å². The molecule has 0 spiro atoms. The average Bonchev–Trinajstić information content (AvgIpc) is 2.48. The van der Waals surface area contributed by atoms with Crippen molar-refractivity contribution in [1.29, 1.82) is 0 Å². The van der Waals surface area contributed by atoms with Crippen LogP contribution in [-0.4, -0.2) is 43.6 Å². The van der Waals surface area contributed by atoms with Gasteiger partial charge in [0.2, 0.25) is 0 Å². The van der Waals surface area contributed by atoms with E-state index in [9.17, 15) is 4.79 Å². The topological polar surface area (TPSA) is 41.6 Å². The zero-order valence-electron chi connectivity index (χ0n) is 13.6. The summed E-state index contributed by atoms with van der Waals surface area (Å²) in [7, 11) is 1.95. The number of nitrogens with zero attached hydrogens (tertiary/aromatic N) is 1. The summed E-state index contributed by atoms with van der Waals surface area (Å²) in [5, 5.41) is 3.76. The van der Waals surface area contributed by atoms with Gasteiger partial charge in [-0.05, 0) is 64.4 Å². The molecule has 1 heterocycles. The quantitative estimate of drug-likeness (QED) is 0.904. The number of rotatable bonds is 5. The highest BCUT2D eigenvalue weighted by Gasteiger charge is 2.26. The first-order valence-corrected chi connectivity index (χ1v) is 8.29. The van der Waals surface area contributed by atoms with Gasteiger partial charge in [0.15, 0.2) is 0 Å². The third-order valence-corrected chi connectivity index (χ3v) is 4.07. The van der Waals surface area contributed by atoms with Crippen molar-refractivity contribution >= 4 is 17.5 Å². The second kappa shape index (κ2) is 7.84. The molecular weight excluding hydrogens is 300 g/mol. The van der Waals surface area contributed by atoms with Gasteiger partial charge in [0.05, 0.1) is 11.7 Å². The number of benzene rings is 1. The summed E-state index contributed by atoms with van der Waals surface area (Å²) in [6, 6.07) is 5.25. The van der Waals surface area contributed by atoms with Gasteiger partial charge >= 0.3 is 0 Å². The summed E-state index contributed by atoms with van der Waals surface area (Å²) in [5.41, 5.74) is 0.561. The van der Waals surface area contributed by atoms with E-state index in [-0.39, 0.29) is 12.0 Å². The number of carbonyl (C=O) groups is 1. The first kappa shape index (κ1) is 17.1. The highest BCUT2D eigenvalue weighted by atomic mass is 35.5. The summed E-state index contributed by atoms with van der Waals surface area (Å²) in [4.78, 5) is 14.8. The monoisotopic (exact) mass is 324 g/mol. The Bertz CT molecular complexity index is 517. The van der Waals surface area contributed by atoms with Crippen molar-refractivity contribution in [3.63, 3.8) is 0 Å². The van der Waals surface area contributed by atoms with Crippen molar-refractivity contribution in [1.82, 2.24) is 10.2 Å². The van der Waals surface area contributed by atoms with Crippen LogP contribution >= 0.6 is 11.6 Å². The maximum atomic E-state index is 12.9. The molecule has 1 amide bonds. The molecule has 0 aromatic heterocycles. The number of nitrogens with one attached hydrogen (secondary N) is 1. The van der Waals surface area contributed by atoms with Crippen LogP contribution in [0.4, 0.5) is 0 Å². The van der Waals surface area contributed by atoms with Crippen LogP contribution in [0.1, 0.15) is 37.0 Å². The fraction of sp³-hybridized carbons (Fsp3) is 0.588. The Hall–Kier alpha value is -1.26. The van der Waals surface area contributed by atoms with E-state index >= 15 is 0 Å². The van der Waals surface area contributed by atoms with Crippen molar-refractivity contribution in [2.75, 3.05) is 26.7 Å². The molecule has 1 fully saturated rings. The van der Waals surface area contributed by atoms with Crippen LogP contribution in [0.25, 0.3) is 0 Å². The molecule has 0 radical (unpaired) electrons. The van der Waals surface area contributed by atoms with E-state index in [1.807, 2.05) is 25.8 Å². The van der Waals surface area contributed by atoms with E-state index in [4.69, 9.17) is 16.3 Å². The zero-order valence-corrected chi connectivity index (χ0v) is 14.3. The SMILES string of the molecule is CNCC1CCCN(C(=O)c2cc(Cl)ccc2OC(C)C)C1. The molecule has 1 unspecified atom stereocenters. The highest BCUT2D eigenvalue weighted by molar-refractivity contribution is 6.31. The van der Waals surface area contributed by atoms with Gasteiger partial charge in [0.1, 0.15) is 5.75 Å². The Balaban J connectivity index is 2.19. The highest BCUT2D eigenvalue weighted by Crippen LogP contribution is 2.27. The van der Waals surface area contributed by atoms with Gasteiger partial charge in [-0.2, -0.15) is 0 Å². The number of hydrogen-bond acceptors (Lipinski definition) is 3. The third-order valence-electron chi connectivity index (χ3n) is 3.83. The zero-order chi connectivity index (χ0) is 16.1. The molecule has 1 aliphatic heterocycles. The number of hydrogen-bond donors (Lipinski definition) is 1. The lowest BCUT2D eigenvalue weighted by molar-refractivity contribution is 0.0668. The molecule has 122 valence electrons. The number of amides is 1. The van der Waals surface area contributed by atoms with Crippen LogP contribution in [0.5, 0.6) is 5.75 Å². The largest absolute Gasteiger partial charge is 0.490 e. The van der Waals surface area contributed by atoms with Crippen LogP contribution < -0.4 is 10.1 Å². The van der Waals surface area contributed by atoms with Crippen LogP contribution in [0.3, 0.4) is 0 Å². The second-order valence-corrected chi connectivity index (χ2v) is 6.56. The Morgan fingerprint density at radius 2 is 2.27 bits per heavy atom. The van der Waals surface area contributed by atoms with Gasteiger partial charge in [-0.25, -0.2) is 0 Å². The van der Waals surface area contributed by atoms with E-state index in [2.05, 4.69) is 5.32 Å². The maximum Gasteiger partial charge on any atom is 0.257 e. The molecule has 1 aromatic carbocycles. The number of likely N-dealkylation sites (tertiary alicyclic amines) is 1. The molecule has 0 bridgehead atoms. The fourth-order valence-corrected chi connectivity index (χ4v) is 3.07. The lowest BCUT2D eigenvalue weighted by Crippen LogP contribution is -2.42. The van der Waals surface area contributed by atoms with E-state index in [1.165, 1.54) is 0 Å². The summed E-state index contributed by atoms with van der Waals surface area (Å²) >= 11 is 6.08. The number of halogens is 1. The van der Waals surface area contributed by atoms with Crippen molar-refractivity contribution < 1.29 is 9.53 Å². The molecule has 1 atom stereocenters. The summed E-state index contributed by atoms with van der Waals surface area (Å²) in [6.45, 7) is 6.42.